The molecule has 0 saturated heterocycles. The third kappa shape index (κ3) is 5.18. The van der Waals surface area contributed by atoms with Crippen LogP contribution in [0.2, 0.25) is 0 Å². The molecule has 3 aromatic rings. The van der Waals surface area contributed by atoms with Gasteiger partial charge in [0.1, 0.15) is 11.4 Å². The zero-order chi connectivity index (χ0) is 17.3. The molecular formula is C21H25N3O. The molecule has 0 aliphatic heterocycles. The van der Waals surface area contributed by atoms with Crippen molar-refractivity contribution in [2.75, 3.05) is 6.61 Å². The Morgan fingerprint density at radius 2 is 1.72 bits per heavy atom. The Morgan fingerprint density at radius 3 is 2.48 bits per heavy atom. The maximum atomic E-state index is 5.79. The van der Waals surface area contributed by atoms with E-state index in [2.05, 4.69) is 29.4 Å². The summed E-state index contributed by atoms with van der Waals surface area (Å²) in [5.41, 5.74) is 3.15. The minimum atomic E-state index is 0.729. The van der Waals surface area contributed by atoms with Crippen LogP contribution in [0.3, 0.4) is 0 Å². The molecule has 2 aromatic carbocycles. The van der Waals surface area contributed by atoms with Crippen LogP contribution in [0.15, 0.2) is 60.8 Å². The van der Waals surface area contributed by atoms with Crippen LogP contribution in [0.1, 0.15) is 38.2 Å². The van der Waals surface area contributed by atoms with Gasteiger partial charge in [0.2, 0.25) is 0 Å². The summed E-state index contributed by atoms with van der Waals surface area (Å²) < 4.78 is 7.65. The lowest BCUT2D eigenvalue weighted by Gasteiger charge is -2.06. The van der Waals surface area contributed by atoms with Gasteiger partial charge < -0.3 is 4.74 Å². The summed E-state index contributed by atoms with van der Waals surface area (Å²) in [5.74, 6) is 0.914. The predicted octanol–water partition coefficient (Wildman–Crippen LogP) is 4.95. The molecule has 0 spiro atoms. The second-order valence-electron chi connectivity index (χ2n) is 6.22. The molecule has 0 unspecified atom stereocenters. The van der Waals surface area contributed by atoms with Gasteiger partial charge in [0, 0.05) is 5.56 Å². The fraction of sp³-hybridized carbons (Fsp3) is 0.333. The van der Waals surface area contributed by atoms with Crippen LogP contribution in [0, 0.1) is 0 Å². The van der Waals surface area contributed by atoms with Crippen molar-refractivity contribution in [3.05, 3.63) is 66.4 Å². The van der Waals surface area contributed by atoms with E-state index in [1.165, 1.54) is 24.8 Å². The lowest BCUT2D eigenvalue weighted by molar-refractivity contribution is 0.305. The molecule has 0 saturated carbocycles. The minimum Gasteiger partial charge on any atom is -0.494 e. The molecule has 3 rings (SSSR count). The van der Waals surface area contributed by atoms with E-state index in [0.29, 0.717) is 0 Å². The average molecular weight is 335 g/mol. The highest BCUT2D eigenvalue weighted by Gasteiger charge is 2.05. The van der Waals surface area contributed by atoms with Gasteiger partial charge in [-0.1, -0.05) is 61.7 Å². The zero-order valence-corrected chi connectivity index (χ0v) is 14.8. The molecule has 0 aliphatic carbocycles. The van der Waals surface area contributed by atoms with Crippen molar-refractivity contribution >= 4 is 0 Å². The monoisotopic (exact) mass is 335 g/mol. The van der Waals surface area contributed by atoms with Gasteiger partial charge in [-0.25, -0.2) is 4.68 Å². The van der Waals surface area contributed by atoms with Crippen LogP contribution in [-0.4, -0.2) is 21.6 Å². The minimum absolute atomic E-state index is 0.729. The summed E-state index contributed by atoms with van der Waals surface area (Å²) >= 11 is 0. The van der Waals surface area contributed by atoms with Crippen molar-refractivity contribution in [1.82, 2.24) is 15.0 Å². The Kier molecular flexibility index (Phi) is 6.21. The largest absolute Gasteiger partial charge is 0.494 e. The SMILES string of the molecule is CCCCCCOc1ccc(-c2cn(Cc3ccccc3)nn2)cc1. The zero-order valence-electron chi connectivity index (χ0n) is 14.8. The van der Waals surface area contributed by atoms with Gasteiger partial charge in [0.15, 0.2) is 0 Å². The molecule has 25 heavy (non-hydrogen) atoms. The number of hydrogen-bond acceptors (Lipinski definition) is 3. The Hall–Kier alpha value is -2.62. The second kappa shape index (κ2) is 9.02. The Labute approximate surface area is 149 Å². The molecular weight excluding hydrogens is 310 g/mol. The first kappa shape index (κ1) is 17.2. The highest BCUT2D eigenvalue weighted by molar-refractivity contribution is 5.58. The van der Waals surface area contributed by atoms with E-state index in [1.807, 2.05) is 53.3 Å². The quantitative estimate of drug-likeness (QED) is 0.519. The van der Waals surface area contributed by atoms with Crippen LogP contribution >= 0.6 is 0 Å². The number of rotatable bonds is 9. The number of aromatic nitrogens is 3. The molecule has 0 radical (unpaired) electrons. The van der Waals surface area contributed by atoms with Crippen LogP contribution in [-0.2, 0) is 6.54 Å². The van der Waals surface area contributed by atoms with E-state index in [0.717, 1.165) is 36.6 Å². The molecule has 0 atom stereocenters. The van der Waals surface area contributed by atoms with Crippen LogP contribution < -0.4 is 4.74 Å². The number of ether oxygens (including phenoxy) is 1. The number of hydrogen-bond donors (Lipinski definition) is 0. The highest BCUT2D eigenvalue weighted by Crippen LogP contribution is 2.20. The van der Waals surface area contributed by atoms with Gasteiger partial charge in [-0.15, -0.1) is 5.10 Å². The fourth-order valence-electron chi connectivity index (χ4n) is 2.72. The molecule has 4 heteroatoms. The van der Waals surface area contributed by atoms with Gasteiger partial charge in [-0.3, -0.25) is 0 Å². The van der Waals surface area contributed by atoms with E-state index >= 15 is 0 Å². The van der Waals surface area contributed by atoms with Crippen molar-refractivity contribution in [3.8, 4) is 17.0 Å². The molecule has 0 fully saturated rings. The topological polar surface area (TPSA) is 39.9 Å². The standard InChI is InChI=1S/C21H25N3O/c1-2-3-4-8-15-25-20-13-11-19(12-14-20)21-17-24(23-22-21)16-18-9-6-5-7-10-18/h5-7,9-14,17H,2-4,8,15-16H2,1H3. The lowest BCUT2D eigenvalue weighted by atomic mass is 10.1. The van der Waals surface area contributed by atoms with Crippen LogP contribution in [0.5, 0.6) is 5.75 Å². The Bertz CT molecular complexity index is 750. The third-order valence-electron chi connectivity index (χ3n) is 4.14. The molecule has 0 bridgehead atoms. The third-order valence-corrected chi connectivity index (χ3v) is 4.14. The first-order chi connectivity index (χ1) is 12.3. The van der Waals surface area contributed by atoms with E-state index < -0.39 is 0 Å². The first-order valence-electron chi connectivity index (χ1n) is 9.02. The van der Waals surface area contributed by atoms with E-state index in [-0.39, 0.29) is 0 Å². The smallest absolute Gasteiger partial charge is 0.119 e. The summed E-state index contributed by atoms with van der Waals surface area (Å²) in [5, 5.41) is 8.50. The lowest BCUT2D eigenvalue weighted by Crippen LogP contribution is -1.99. The van der Waals surface area contributed by atoms with Gasteiger partial charge in [-0.2, -0.15) is 0 Å². The van der Waals surface area contributed by atoms with Crippen LogP contribution in [0.4, 0.5) is 0 Å². The number of benzene rings is 2. The first-order valence-corrected chi connectivity index (χ1v) is 9.02. The van der Waals surface area contributed by atoms with E-state index in [4.69, 9.17) is 4.74 Å². The molecule has 0 N–H and O–H groups in total. The second-order valence-corrected chi connectivity index (χ2v) is 6.22. The van der Waals surface area contributed by atoms with Crippen molar-refractivity contribution < 1.29 is 4.74 Å². The molecule has 1 aromatic heterocycles. The van der Waals surface area contributed by atoms with E-state index in [9.17, 15) is 0 Å². The van der Waals surface area contributed by atoms with Crippen molar-refractivity contribution in [2.45, 2.75) is 39.2 Å². The van der Waals surface area contributed by atoms with Gasteiger partial charge in [0.05, 0.1) is 19.3 Å². The molecule has 1 heterocycles. The van der Waals surface area contributed by atoms with Crippen molar-refractivity contribution in [1.29, 1.82) is 0 Å². The normalized spacial score (nSPS) is 10.8. The summed E-state index contributed by atoms with van der Waals surface area (Å²) in [6.07, 6.45) is 6.86. The van der Waals surface area contributed by atoms with E-state index in [1.54, 1.807) is 0 Å². The average Bonchev–Trinajstić information content (AvgIpc) is 3.11. The molecule has 0 amide bonds. The summed E-state index contributed by atoms with van der Waals surface area (Å²) in [6.45, 7) is 3.73. The number of unbranched alkanes of at least 4 members (excludes halogenated alkanes) is 3. The molecule has 130 valence electrons. The molecule has 0 aliphatic rings. The van der Waals surface area contributed by atoms with Gasteiger partial charge in [-0.05, 0) is 36.2 Å². The van der Waals surface area contributed by atoms with Crippen LogP contribution in [0.25, 0.3) is 11.3 Å². The Balaban J connectivity index is 1.55. The molecule has 4 nitrogen and oxygen atoms in total. The summed E-state index contributed by atoms with van der Waals surface area (Å²) in [7, 11) is 0. The highest BCUT2D eigenvalue weighted by atomic mass is 16.5. The van der Waals surface area contributed by atoms with Gasteiger partial charge in [0.25, 0.3) is 0 Å². The summed E-state index contributed by atoms with van der Waals surface area (Å²) in [6, 6.07) is 18.4. The van der Waals surface area contributed by atoms with Crippen molar-refractivity contribution in [3.63, 3.8) is 0 Å². The Morgan fingerprint density at radius 1 is 0.920 bits per heavy atom. The number of nitrogens with zero attached hydrogens (tertiary/aromatic N) is 3. The summed E-state index contributed by atoms with van der Waals surface area (Å²) in [4.78, 5) is 0. The predicted molar refractivity (Wildman–Crippen MR) is 101 cm³/mol. The maximum absolute atomic E-state index is 5.79. The fourth-order valence-corrected chi connectivity index (χ4v) is 2.72. The van der Waals surface area contributed by atoms with Crippen molar-refractivity contribution in [2.24, 2.45) is 0 Å². The van der Waals surface area contributed by atoms with Gasteiger partial charge >= 0.3 is 0 Å². The maximum Gasteiger partial charge on any atom is 0.119 e.